The minimum Gasteiger partial charge on any atom is -0.393 e. The average molecular weight is 317 g/mol. The molecule has 0 radical (unpaired) electrons. The third-order valence-electron chi connectivity index (χ3n) is 8.96. The molecule has 1 heteroatoms. The van der Waals surface area contributed by atoms with Crippen molar-refractivity contribution < 1.29 is 5.11 Å². The van der Waals surface area contributed by atoms with Gasteiger partial charge in [0.2, 0.25) is 0 Å². The second-order valence-electron chi connectivity index (χ2n) is 10.1. The maximum absolute atomic E-state index is 10.1. The van der Waals surface area contributed by atoms with E-state index in [1.165, 1.54) is 38.5 Å². The normalized spacial score (nSPS) is 52.6. The Morgan fingerprint density at radius 3 is 2.57 bits per heavy atom. The van der Waals surface area contributed by atoms with Gasteiger partial charge in [-0.2, -0.15) is 0 Å². The van der Waals surface area contributed by atoms with Crippen LogP contribution < -0.4 is 0 Å². The summed E-state index contributed by atoms with van der Waals surface area (Å²) < 4.78 is 0. The molecule has 0 heterocycles. The largest absolute Gasteiger partial charge is 0.393 e. The number of aliphatic hydroxyl groups excluding tert-OH is 1. The van der Waals surface area contributed by atoms with Crippen molar-refractivity contribution in [2.75, 3.05) is 0 Å². The maximum atomic E-state index is 10.1. The van der Waals surface area contributed by atoms with E-state index >= 15 is 0 Å². The van der Waals surface area contributed by atoms with Crippen molar-refractivity contribution in [2.24, 2.45) is 40.4 Å². The third kappa shape index (κ3) is 2.21. The Balaban J connectivity index is 1.65. The average Bonchev–Trinajstić information content (AvgIpc) is 2.85. The molecule has 1 nitrogen and oxygen atoms in total. The summed E-state index contributed by atoms with van der Waals surface area (Å²) in [5.74, 6) is 4.55. The molecule has 0 spiro atoms. The summed E-state index contributed by atoms with van der Waals surface area (Å²) in [6.45, 7) is 10.1. The van der Waals surface area contributed by atoms with Gasteiger partial charge in [0.1, 0.15) is 0 Å². The quantitative estimate of drug-likeness (QED) is 0.626. The van der Waals surface area contributed by atoms with Crippen LogP contribution in [0.3, 0.4) is 0 Å². The number of rotatable bonds is 1. The van der Waals surface area contributed by atoms with Crippen LogP contribution in [0.15, 0.2) is 11.6 Å². The second-order valence-corrected chi connectivity index (χ2v) is 10.1. The van der Waals surface area contributed by atoms with Crippen molar-refractivity contribution in [3.05, 3.63) is 11.6 Å². The molecule has 0 bridgehead atoms. The van der Waals surface area contributed by atoms with E-state index in [4.69, 9.17) is 0 Å². The van der Waals surface area contributed by atoms with Crippen molar-refractivity contribution in [2.45, 2.75) is 85.2 Å². The van der Waals surface area contributed by atoms with Crippen molar-refractivity contribution in [1.82, 2.24) is 0 Å². The zero-order chi connectivity index (χ0) is 16.4. The van der Waals surface area contributed by atoms with Gasteiger partial charge >= 0.3 is 0 Å². The van der Waals surface area contributed by atoms with Gasteiger partial charge in [-0.05, 0) is 91.8 Å². The van der Waals surface area contributed by atoms with Gasteiger partial charge in [-0.25, -0.2) is 0 Å². The van der Waals surface area contributed by atoms with Crippen molar-refractivity contribution in [3.8, 4) is 0 Å². The van der Waals surface area contributed by atoms with Crippen LogP contribution >= 0.6 is 0 Å². The zero-order valence-corrected chi connectivity index (χ0v) is 15.6. The first kappa shape index (κ1) is 16.2. The van der Waals surface area contributed by atoms with Gasteiger partial charge in [-0.15, -0.1) is 0 Å². The van der Waals surface area contributed by atoms with E-state index in [9.17, 15) is 5.11 Å². The summed E-state index contributed by atoms with van der Waals surface area (Å²) in [7, 11) is 0. The number of aliphatic hydroxyl groups is 1. The summed E-state index contributed by atoms with van der Waals surface area (Å²) in [4.78, 5) is 0. The van der Waals surface area contributed by atoms with Gasteiger partial charge in [0.25, 0.3) is 0 Å². The summed E-state index contributed by atoms with van der Waals surface area (Å²) >= 11 is 0. The Morgan fingerprint density at radius 2 is 1.83 bits per heavy atom. The first-order valence-electron chi connectivity index (χ1n) is 10.2. The van der Waals surface area contributed by atoms with Crippen molar-refractivity contribution >= 4 is 0 Å². The molecule has 4 unspecified atom stereocenters. The van der Waals surface area contributed by atoms with E-state index in [0.29, 0.717) is 10.8 Å². The molecule has 0 saturated heterocycles. The van der Waals surface area contributed by atoms with Crippen molar-refractivity contribution in [1.29, 1.82) is 0 Å². The van der Waals surface area contributed by atoms with Crippen LogP contribution in [0.25, 0.3) is 0 Å². The lowest BCUT2D eigenvalue weighted by Crippen LogP contribution is -2.50. The molecule has 23 heavy (non-hydrogen) atoms. The Bertz CT molecular complexity index is 506. The molecule has 4 aliphatic carbocycles. The lowest BCUT2D eigenvalue weighted by atomic mass is 9.47. The molecular formula is C22H36O. The first-order chi connectivity index (χ1) is 10.9. The molecule has 4 aliphatic rings. The van der Waals surface area contributed by atoms with E-state index in [1.807, 2.05) is 0 Å². The number of hydrogen-bond acceptors (Lipinski definition) is 1. The van der Waals surface area contributed by atoms with E-state index in [0.717, 1.165) is 42.4 Å². The topological polar surface area (TPSA) is 20.2 Å². The molecule has 0 aliphatic heterocycles. The smallest absolute Gasteiger partial charge is 0.0577 e. The predicted molar refractivity (Wildman–Crippen MR) is 96.0 cm³/mol. The fourth-order valence-corrected chi connectivity index (χ4v) is 7.78. The van der Waals surface area contributed by atoms with Crippen LogP contribution in [-0.2, 0) is 0 Å². The van der Waals surface area contributed by atoms with Crippen molar-refractivity contribution in [3.63, 3.8) is 0 Å². The van der Waals surface area contributed by atoms with Crippen LogP contribution in [0.2, 0.25) is 0 Å². The maximum Gasteiger partial charge on any atom is 0.0577 e. The SMILES string of the molecule is CC(C)C1CCC2C3CC=C4C[C@@H](O)CC[C@]4(C)C3CC[C@]12C. The highest BCUT2D eigenvalue weighted by molar-refractivity contribution is 5.25. The Hall–Kier alpha value is -0.300. The fourth-order valence-electron chi connectivity index (χ4n) is 7.78. The third-order valence-corrected chi connectivity index (χ3v) is 8.96. The highest BCUT2D eigenvalue weighted by atomic mass is 16.3. The number of fused-ring (bicyclic) bond motifs is 5. The van der Waals surface area contributed by atoms with Gasteiger partial charge in [0.15, 0.2) is 0 Å². The molecule has 0 aromatic heterocycles. The van der Waals surface area contributed by atoms with Crippen LogP contribution in [-0.4, -0.2) is 11.2 Å². The van der Waals surface area contributed by atoms with Crippen LogP contribution in [0, 0.1) is 40.4 Å². The molecule has 3 saturated carbocycles. The Labute approximate surface area is 142 Å². The molecule has 1 N–H and O–H groups in total. The van der Waals surface area contributed by atoms with Crippen LogP contribution in [0.5, 0.6) is 0 Å². The van der Waals surface area contributed by atoms with Gasteiger partial charge < -0.3 is 5.11 Å². The molecule has 130 valence electrons. The highest BCUT2D eigenvalue weighted by Gasteiger charge is 2.58. The molecular weight excluding hydrogens is 280 g/mol. The Kier molecular flexibility index (Phi) is 3.76. The fraction of sp³-hybridized carbons (Fsp3) is 0.909. The second kappa shape index (κ2) is 5.35. The van der Waals surface area contributed by atoms with Gasteiger partial charge in [-0.3, -0.25) is 0 Å². The zero-order valence-electron chi connectivity index (χ0n) is 15.6. The van der Waals surface area contributed by atoms with E-state index in [1.54, 1.807) is 5.57 Å². The number of hydrogen-bond donors (Lipinski definition) is 1. The van der Waals surface area contributed by atoms with Gasteiger partial charge in [0.05, 0.1) is 6.10 Å². The minimum absolute atomic E-state index is 0.0727. The van der Waals surface area contributed by atoms with Gasteiger partial charge in [0, 0.05) is 0 Å². The summed E-state index contributed by atoms with van der Waals surface area (Å²) in [6, 6.07) is 0. The van der Waals surface area contributed by atoms with Gasteiger partial charge in [-0.1, -0.05) is 39.3 Å². The Morgan fingerprint density at radius 1 is 1.04 bits per heavy atom. The standard InChI is InChI=1S/C22H36O/c1-14(2)18-7-8-19-17-6-5-15-13-16(23)9-11-21(15,3)20(17)10-12-22(18,19)4/h5,14,16-20,23H,6-13H2,1-4H3/t16-,17?,18?,19?,20?,21-,22+/m0/s1. The molecule has 3 fully saturated rings. The molecule has 0 aromatic rings. The van der Waals surface area contributed by atoms with E-state index in [2.05, 4.69) is 33.8 Å². The molecule has 0 aromatic carbocycles. The van der Waals surface area contributed by atoms with E-state index < -0.39 is 0 Å². The van der Waals surface area contributed by atoms with Crippen LogP contribution in [0.4, 0.5) is 0 Å². The summed E-state index contributed by atoms with van der Waals surface area (Å²) in [6.07, 6.45) is 12.8. The van der Waals surface area contributed by atoms with E-state index in [-0.39, 0.29) is 6.10 Å². The highest BCUT2D eigenvalue weighted by Crippen LogP contribution is 2.67. The summed E-state index contributed by atoms with van der Waals surface area (Å²) in [5.41, 5.74) is 2.62. The lowest BCUT2D eigenvalue weighted by molar-refractivity contribution is -0.0556. The van der Waals surface area contributed by atoms with Crippen LogP contribution in [0.1, 0.15) is 79.1 Å². The predicted octanol–water partition coefficient (Wildman–Crippen LogP) is 5.58. The molecule has 0 amide bonds. The summed E-state index contributed by atoms with van der Waals surface area (Å²) in [5, 5.41) is 10.1. The lowest BCUT2D eigenvalue weighted by Gasteiger charge is -2.58. The minimum atomic E-state index is -0.0727. The molecule has 4 rings (SSSR count). The monoisotopic (exact) mass is 316 g/mol. The number of allylic oxidation sites excluding steroid dienone is 1. The molecule has 7 atom stereocenters. The first-order valence-corrected chi connectivity index (χ1v) is 10.2.